The van der Waals surface area contributed by atoms with Crippen molar-refractivity contribution < 1.29 is 19.0 Å². The van der Waals surface area contributed by atoms with Gasteiger partial charge >= 0.3 is 0 Å². The first-order chi connectivity index (χ1) is 15.7. The van der Waals surface area contributed by atoms with E-state index in [-0.39, 0.29) is 17.9 Å². The molecule has 2 aliphatic heterocycles. The van der Waals surface area contributed by atoms with Crippen LogP contribution in [0.15, 0.2) is 67.0 Å². The van der Waals surface area contributed by atoms with E-state index >= 15 is 0 Å². The SMILES string of the molecule is COc1cc(CN2[C@H]3c4ccccc4OC[C@H]3CN2C(=O)c2ccncc2)cc(OC)c1. The first-order valence-corrected chi connectivity index (χ1v) is 10.6. The molecule has 32 heavy (non-hydrogen) atoms. The molecule has 0 saturated carbocycles. The standard InChI is InChI=1S/C25H25N3O4/c1-30-20-11-17(12-21(13-20)31-2)14-27-24-19(16-32-23-6-4-3-5-22(23)24)15-28(27)25(29)18-7-9-26-10-8-18/h3-13,19,24H,14-16H2,1-2H3/t19-,24-/m1/s1. The summed E-state index contributed by atoms with van der Waals surface area (Å²) in [6, 6.07) is 17.4. The van der Waals surface area contributed by atoms with Gasteiger partial charge in [-0.3, -0.25) is 14.8 Å². The van der Waals surface area contributed by atoms with Gasteiger partial charge in [-0.2, -0.15) is 0 Å². The highest BCUT2D eigenvalue weighted by Crippen LogP contribution is 2.45. The summed E-state index contributed by atoms with van der Waals surface area (Å²) in [6.45, 7) is 1.68. The smallest absolute Gasteiger partial charge is 0.268 e. The normalized spacial score (nSPS) is 19.6. The summed E-state index contributed by atoms with van der Waals surface area (Å²) in [5, 5.41) is 4.01. The minimum absolute atomic E-state index is 0.0305. The van der Waals surface area contributed by atoms with Gasteiger partial charge in [0.2, 0.25) is 0 Å². The maximum atomic E-state index is 13.5. The zero-order chi connectivity index (χ0) is 22.1. The fourth-order valence-electron chi connectivity index (χ4n) is 4.60. The number of rotatable bonds is 5. The predicted molar refractivity (Wildman–Crippen MR) is 119 cm³/mol. The second-order valence-electron chi connectivity index (χ2n) is 8.00. The van der Waals surface area contributed by atoms with Gasteiger partial charge in [0.25, 0.3) is 5.91 Å². The van der Waals surface area contributed by atoms with Crippen LogP contribution in [0.3, 0.4) is 0 Å². The molecule has 3 heterocycles. The number of nitrogens with zero attached hydrogens (tertiary/aromatic N) is 3. The van der Waals surface area contributed by atoms with Crippen molar-refractivity contribution in [3.05, 3.63) is 83.7 Å². The summed E-state index contributed by atoms with van der Waals surface area (Å²) in [5.74, 6) is 2.43. The Labute approximate surface area is 187 Å². The molecule has 7 heteroatoms. The number of pyridine rings is 1. The number of aromatic nitrogens is 1. The molecule has 0 radical (unpaired) electrons. The molecule has 0 spiro atoms. The predicted octanol–water partition coefficient (Wildman–Crippen LogP) is 3.72. The lowest BCUT2D eigenvalue weighted by Gasteiger charge is -2.35. The van der Waals surface area contributed by atoms with Crippen molar-refractivity contribution in [1.29, 1.82) is 0 Å². The van der Waals surface area contributed by atoms with Crippen molar-refractivity contribution in [3.63, 3.8) is 0 Å². The van der Waals surface area contributed by atoms with E-state index in [1.54, 1.807) is 38.7 Å². The van der Waals surface area contributed by atoms with Crippen molar-refractivity contribution in [1.82, 2.24) is 15.0 Å². The van der Waals surface area contributed by atoms with Gasteiger partial charge in [-0.25, -0.2) is 5.01 Å². The Morgan fingerprint density at radius 3 is 2.50 bits per heavy atom. The Hall–Kier alpha value is -3.58. The second-order valence-corrected chi connectivity index (χ2v) is 8.00. The molecule has 1 amide bonds. The molecule has 0 bridgehead atoms. The summed E-state index contributed by atoms with van der Waals surface area (Å²) in [4.78, 5) is 17.6. The quantitative estimate of drug-likeness (QED) is 0.614. The Balaban J connectivity index is 1.55. The second kappa shape index (κ2) is 8.51. The zero-order valence-corrected chi connectivity index (χ0v) is 18.1. The van der Waals surface area contributed by atoms with Crippen molar-refractivity contribution in [2.45, 2.75) is 12.6 Å². The fourth-order valence-corrected chi connectivity index (χ4v) is 4.60. The average molecular weight is 431 g/mol. The molecule has 164 valence electrons. The van der Waals surface area contributed by atoms with Gasteiger partial charge in [0.1, 0.15) is 17.2 Å². The molecule has 5 rings (SSSR count). The van der Waals surface area contributed by atoms with Crippen LogP contribution in [0.4, 0.5) is 0 Å². The third kappa shape index (κ3) is 3.65. The van der Waals surface area contributed by atoms with Crippen molar-refractivity contribution >= 4 is 5.91 Å². The van der Waals surface area contributed by atoms with Crippen LogP contribution < -0.4 is 14.2 Å². The Morgan fingerprint density at radius 2 is 1.78 bits per heavy atom. The molecule has 7 nitrogen and oxygen atoms in total. The highest BCUT2D eigenvalue weighted by Gasteiger charge is 2.46. The summed E-state index contributed by atoms with van der Waals surface area (Å²) < 4.78 is 17.0. The lowest BCUT2D eigenvalue weighted by atomic mass is 9.91. The molecule has 1 aromatic heterocycles. The summed E-state index contributed by atoms with van der Waals surface area (Å²) in [6.07, 6.45) is 3.29. The summed E-state index contributed by atoms with van der Waals surface area (Å²) >= 11 is 0. The number of hydrogen-bond donors (Lipinski definition) is 0. The molecular formula is C25H25N3O4. The van der Waals surface area contributed by atoms with Gasteiger partial charge in [-0.1, -0.05) is 18.2 Å². The number of methoxy groups -OCH3 is 2. The van der Waals surface area contributed by atoms with Crippen molar-refractivity contribution in [2.75, 3.05) is 27.4 Å². The van der Waals surface area contributed by atoms with E-state index in [0.717, 1.165) is 28.4 Å². The fraction of sp³-hybridized carbons (Fsp3) is 0.280. The molecule has 1 fully saturated rings. The Morgan fingerprint density at radius 1 is 1.06 bits per heavy atom. The number of ether oxygens (including phenoxy) is 3. The first kappa shape index (κ1) is 20.3. The van der Waals surface area contributed by atoms with E-state index in [0.29, 0.717) is 25.3 Å². The van der Waals surface area contributed by atoms with Crippen LogP contribution in [0, 0.1) is 5.92 Å². The molecule has 3 aromatic rings. The highest BCUT2D eigenvalue weighted by molar-refractivity contribution is 5.94. The Kier molecular flexibility index (Phi) is 5.41. The largest absolute Gasteiger partial charge is 0.497 e. The monoisotopic (exact) mass is 431 g/mol. The molecule has 2 aromatic carbocycles. The third-order valence-corrected chi connectivity index (χ3v) is 6.09. The van der Waals surface area contributed by atoms with E-state index in [1.165, 1.54) is 0 Å². The van der Waals surface area contributed by atoms with Crippen molar-refractivity contribution in [2.24, 2.45) is 5.92 Å². The van der Waals surface area contributed by atoms with Crippen LogP contribution in [0.25, 0.3) is 0 Å². The van der Waals surface area contributed by atoms with Gasteiger partial charge in [-0.15, -0.1) is 0 Å². The van der Waals surface area contributed by atoms with Crippen LogP contribution in [0.1, 0.15) is 27.5 Å². The topological polar surface area (TPSA) is 64.1 Å². The van der Waals surface area contributed by atoms with Crippen LogP contribution in [0.5, 0.6) is 17.2 Å². The van der Waals surface area contributed by atoms with E-state index in [2.05, 4.69) is 16.1 Å². The van der Waals surface area contributed by atoms with E-state index < -0.39 is 0 Å². The number of carbonyl (C=O) groups excluding carboxylic acids is 1. The first-order valence-electron chi connectivity index (χ1n) is 10.6. The van der Waals surface area contributed by atoms with Gasteiger partial charge in [0.15, 0.2) is 0 Å². The van der Waals surface area contributed by atoms with Crippen molar-refractivity contribution in [3.8, 4) is 17.2 Å². The third-order valence-electron chi connectivity index (χ3n) is 6.09. The van der Waals surface area contributed by atoms with Gasteiger partial charge < -0.3 is 14.2 Å². The molecule has 2 atom stereocenters. The number of hydrazine groups is 1. The lowest BCUT2D eigenvalue weighted by molar-refractivity contribution is -0.00595. The lowest BCUT2D eigenvalue weighted by Crippen LogP contribution is -2.42. The molecular weight excluding hydrogens is 406 g/mol. The van der Waals surface area contributed by atoms with E-state index in [1.807, 2.05) is 41.4 Å². The number of hydrogen-bond acceptors (Lipinski definition) is 6. The van der Waals surface area contributed by atoms with Gasteiger partial charge in [0.05, 0.1) is 26.9 Å². The summed E-state index contributed by atoms with van der Waals surface area (Å²) in [5.41, 5.74) is 2.71. The van der Waals surface area contributed by atoms with E-state index in [4.69, 9.17) is 14.2 Å². The average Bonchev–Trinajstić information content (AvgIpc) is 3.22. The number of amides is 1. The molecule has 1 saturated heterocycles. The van der Waals surface area contributed by atoms with Crippen LogP contribution in [0.2, 0.25) is 0 Å². The van der Waals surface area contributed by atoms with Gasteiger partial charge in [-0.05, 0) is 35.9 Å². The minimum atomic E-state index is -0.0471. The summed E-state index contributed by atoms with van der Waals surface area (Å²) in [7, 11) is 3.27. The minimum Gasteiger partial charge on any atom is -0.497 e. The molecule has 0 N–H and O–H groups in total. The molecule has 2 aliphatic rings. The van der Waals surface area contributed by atoms with Crippen LogP contribution in [-0.4, -0.2) is 48.3 Å². The Bertz CT molecular complexity index is 1100. The number of benzene rings is 2. The molecule has 0 unspecified atom stereocenters. The zero-order valence-electron chi connectivity index (χ0n) is 18.1. The number of carbonyl (C=O) groups is 1. The maximum Gasteiger partial charge on any atom is 0.268 e. The highest BCUT2D eigenvalue weighted by atomic mass is 16.5. The number of fused-ring (bicyclic) bond motifs is 3. The van der Waals surface area contributed by atoms with E-state index in [9.17, 15) is 4.79 Å². The van der Waals surface area contributed by atoms with Crippen LogP contribution in [-0.2, 0) is 6.54 Å². The number of para-hydroxylation sites is 1. The maximum absolute atomic E-state index is 13.5. The molecule has 0 aliphatic carbocycles. The van der Waals surface area contributed by atoms with Gasteiger partial charge in [0, 0.05) is 48.6 Å². The van der Waals surface area contributed by atoms with Crippen LogP contribution >= 0.6 is 0 Å².